The number of nitrogens with one attached hydrogen (secondary N) is 1. The average Bonchev–Trinajstić information content (AvgIpc) is 3.16. The van der Waals surface area contributed by atoms with Crippen LogP contribution in [0, 0.1) is 18.8 Å². The fraction of sp³-hybridized carbons (Fsp3) is 0.368. The number of hydrogen-bond donors (Lipinski definition) is 1. The predicted octanol–water partition coefficient (Wildman–Crippen LogP) is 2.35. The number of carbonyl (C=O) groups excluding carboxylic acids is 1. The lowest BCUT2D eigenvalue weighted by molar-refractivity contribution is 0.0780. The quantitative estimate of drug-likeness (QED) is 0.926. The van der Waals surface area contributed by atoms with Crippen molar-refractivity contribution in [3.05, 3.63) is 53.7 Å². The molecule has 2 atom stereocenters. The second kappa shape index (κ2) is 5.78. The lowest BCUT2D eigenvalue weighted by atomic mass is 10.0. The van der Waals surface area contributed by atoms with E-state index >= 15 is 0 Å². The minimum Gasteiger partial charge on any atom is -0.338 e. The molecule has 2 saturated heterocycles. The minimum atomic E-state index is 0.129. The van der Waals surface area contributed by atoms with Crippen molar-refractivity contribution in [2.45, 2.75) is 6.92 Å². The Morgan fingerprint density at radius 3 is 2.43 bits per heavy atom. The molecule has 3 heterocycles. The Bertz CT molecular complexity index is 717. The number of aromatic nitrogens is 1. The summed E-state index contributed by atoms with van der Waals surface area (Å²) in [4.78, 5) is 19.5. The van der Waals surface area contributed by atoms with Crippen LogP contribution in [0.2, 0.25) is 0 Å². The first kappa shape index (κ1) is 14.4. The van der Waals surface area contributed by atoms with Crippen molar-refractivity contribution in [1.29, 1.82) is 0 Å². The zero-order valence-electron chi connectivity index (χ0n) is 13.3. The second-order valence-electron chi connectivity index (χ2n) is 6.58. The fourth-order valence-electron chi connectivity index (χ4n) is 3.75. The van der Waals surface area contributed by atoms with Crippen molar-refractivity contribution in [2.24, 2.45) is 11.8 Å². The van der Waals surface area contributed by atoms with Crippen LogP contribution in [0.15, 0.2) is 42.5 Å². The van der Waals surface area contributed by atoms with Crippen LogP contribution in [-0.2, 0) is 0 Å². The highest BCUT2D eigenvalue weighted by Gasteiger charge is 2.38. The number of aryl methyl sites for hydroxylation is 1. The highest BCUT2D eigenvalue weighted by atomic mass is 16.2. The van der Waals surface area contributed by atoms with Crippen LogP contribution in [0.5, 0.6) is 0 Å². The van der Waals surface area contributed by atoms with Crippen molar-refractivity contribution in [3.8, 4) is 11.3 Å². The second-order valence-corrected chi connectivity index (χ2v) is 6.58. The smallest absolute Gasteiger partial charge is 0.255 e. The summed E-state index contributed by atoms with van der Waals surface area (Å²) in [6.07, 6.45) is 0. The Hall–Kier alpha value is -2.20. The molecular weight excluding hydrogens is 286 g/mol. The van der Waals surface area contributed by atoms with Crippen LogP contribution in [0.4, 0.5) is 0 Å². The van der Waals surface area contributed by atoms with E-state index in [1.54, 1.807) is 0 Å². The van der Waals surface area contributed by atoms with Crippen molar-refractivity contribution in [2.75, 3.05) is 26.2 Å². The standard InChI is InChI=1S/C19H21N3O/c1-13-17(7-8-18(21-13)14-5-3-2-4-6-14)19(23)22-11-15-9-20-10-16(15)12-22/h2-8,15-16,20H,9-12H2,1H3/t15-,16+. The number of nitrogens with zero attached hydrogens (tertiary/aromatic N) is 2. The zero-order chi connectivity index (χ0) is 15.8. The van der Waals surface area contributed by atoms with Crippen molar-refractivity contribution >= 4 is 5.91 Å². The maximum Gasteiger partial charge on any atom is 0.255 e. The van der Waals surface area contributed by atoms with E-state index in [2.05, 4.69) is 10.3 Å². The molecular formula is C19H21N3O. The summed E-state index contributed by atoms with van der Waals surface area (Å²) in [6, 6.07) is 14.0. The molecule has 2 aliphatic heterocycles. The number of likely N-dealkylation sites (tertiary alicyclic amines) is 1. The van der Waals surface area contributed by atoms with Gasteiger partial charge in [-0.2, -0.15) is 0 Å². The van der Waals surface area contributed by atoms with Crippen molar-refractivity contribution < 1.29 is 4.79 Å². The fourth-order valence-corrected chi connectivity index (χ4v) is 3.75. The van der Waals surface area contributed by atoms with Gasteiger partial charge in [0.25, 0.3) is 5.91 Å². The Morgan fingerprint density at radius 2 is 1.78 bits per heavy atom. The topological polar surface area (TPSA) is 45.2 Å². The molecule has 0 spiro atoms. The minimum absolute atomic E-state index is 0.129. The highest BCUT2D eigenvalue weighted by molar-refractivity contribution is 5.95. The van der Waals surface area contributed by atoms with E-state index in [-0.39, 0.29) is 5.91 Å². The molecule has 0 aliphatic carbocycles. The molecule has 1 N–H and O–H groups in total. The molecule has 1 amide bonds. The largest absolute Gasteiger partial charge is 0.338 e. The normalized spacial score (nSPS) is 23.1. The van der Waals surface area contributed by atoms with Gasteiger partial charge in [-0.1, -0.05) is 30.3 Å². The highest BCUT2D eigenvalue weighted by Crippen LogP contribution is 2.28. The van der Waals surface area contributed by atoms with Gasteiger partial charge < -0.3 is 10.2 Å². The first-order valence-corrected chi connectivity index (χ1v) is 8.25. The Kier molecular flexibility index (Phi) is 3.62. The van der Waals surface area contributed by atoms with Gasteiger partial charge in [-0.05, 0) is 30.9 Å². The van der Waals surface area contributed by atoms with E-state index in [1.165, 1.54) is 0 Å². The summed E-state index contributed by atoms with van der Waals surface area (Å²) in [6.45, 7) is 5.75. The van der Waals surface area contributed by atoms with E-state index in [9.17, 15) is 4.79 Å². The van der Waals surface area contributed by atoms with Gasteiger partial charge in [0.2, 0.25) is 0 Å². The summed E-state index contributed by atoms with van der Waals surface area (Å²) < 4.78 is 0. The number of carbonyl (C=O) groups is 1. The summed E-state index contributed by atoms with van der Waals surface area (Å²) in [5, 5.41) is 3.41. The molecule has 2 aliphatic rings. The number of benzene rings is 1. The molecule has 4 nitrogen and oxygen atoms in total. The van der Waals surface area contributed by atoms with Gasteiger partial charge in [0.05, 0.1) is 17.0 Å². The third-order valence-electron chi connectivity index (χ3n) is 5.06. The number of pyridine rings is 1. The molecule has 0 radical (unpaired) electrons. The van der Waals surface area contributed by atoms with E-state index in [1.807, 2.05) is 54.3 Å². The zero-order valence-corrected chi connectivity index (χ0v) is 13.3. The molecule has 0 bridgehead atoms. The van der Waals surface area contributed by atoms with Gasteiger partial charge in [0.15, 0.2) is 0 Å². The molecule has 118 valence electrons. The van der Waals surface area contributed by atoms with Crippen molar-refractivity contribution in [3.63, 3.8) is 0 Å². The van der Waals surface area contributed by atoms with Gasteiger partial charge in [0, 0.05) is 31.7 Å². The van der Waals surface area contributed by atoms with Crippen LogP contribution in [0.25, 0.3) is 11.3 Å². The van der Waals surface area contributed by atoms with E-state index in [4.69, 9.17) is 0 Å². The molecule has 23 heavy (non-hydrogen) atoms. The van der Waals surface area contributed by atoms with Gasteiger partial charge >= 0.3 is 0 Å². The monoisotopic (exact) mass is 307 g/mol. The van der Waals surface area contributed by atoms with E-state index in [0.29, 0.717) is 11.8 Å². The third kappa shape index (κ3) is 2.63. The van der Waals surface area contributed by atoms with Crippen LogP contribution in [-0.4, -0.2) is 42.0 Å². The van der Waals surface area contributed by atoms with Gasteiger partial charge in [-0.3, -0.25) is 9.78 Å². The summed E-state index contributed by atoms with van der Waals surface area (Å²) in [7, 11) is 0. The molecule has 0 unspecified atom stereocenters. The SMILES string of the molecule is Cc1nc(-c2ccccc2)ccc1C(=O)N1C[C@H]2CNC[C@H]2C1. The molecule has 4 heteroatoms. The van der Waals surface area contributed by atoms with Gasteiger partial charge in [0.1, 0.15) is 0 Å². The summed E-state index contributed by atoms with van der Waals surface area (Å²) in [5.74, 6) is 1.37. The lowest BCUT2D eigenvalue weighted by Crippen LogP contribution is -2.32. The molecule has 1 aromatic carbocycles. The maximum atomic E-state index is 12.8. The van der Waals surface area contributed by atoms with Crippen LogP contribution >= 0.6 is 0 Å². The Balaban J connectivity index is 1.56. The number of hydrogen-bond acceptors (Lipinski definition) is 3. The lowest BCUT2D eigenvalue weighted by Gasteiger charge is -2.18. The maximum absolute atomic E-state index is 12.8. The van der Waals surface area contributed by atoms with Crippen LogP contribution in [0.1, 0.15) is 16.1 Å². The molecule has 1 aromatic heterocycles. The average molecular weight is 307 g/mol. The molecule has 4 rings (SSSR count). The number of amides is 1. The Morgan fingerprint density at radius 1 is 1.09 bits per heavy atom. The van der Waals surface area contributed by atoms with Gasteiger partial charge in [-0.15, -0.1) is 0 Å². The summed E-state index contributed by atoms with van der Waals surface area (Å²) in [5.41, 5.74) is 3.54. The van der Waals surface area contributed by atoms with E-state index in [0.717, 1.165) is 48.7 Å². The van der Waals surface area contributed by atoms with E-state index < -0.39 is 0 Å². The molecule has 2 fully saturated rings. The molecule has 2 aromatic rings. The first-order valence-electron chi connectivity index (χ1n) is 8.25. The van der Waals surface area contributed by atoms with Crippen LogP contribution in [0.3, 0.4) is 0 Å². The first-order chi connectivity index (χ1) is 11.2. The predicted molar refractivity (Wildman–Crippen MR) is 90.2 cm³/mol. The summed E-state index contributed by atoms with van der Waals surface area (Å²) >= 11 is 0. The Labute approximate surface area is 136 Å². The number of fused-ring (bicyclic) bond motifs is 1. The van der Waals surface area contributed by atoms with Crippen LogP contribution < -0.4 is 5.32 Å². The third-order valence-corrected chi connectivity index (χ3v) is 5.06. The number of rotatable bonds is 2. The van der Waals surface area contributed by atoms with Gasteiger partial charge in [-0.25, -0.2) is 0 Å². The molecule has 0 saturated carbocycles. The van der Waals surface area contributed by atoms with Crippen molar-refractivity contribution in [1.82, 2.24) is 15.2 Å².